The molecular formula is C19H22ClN5O2S. The van der Waals surface area contributed by atoms with E-state index in [4.69, 9.17) is 16.7 Å². The molecule has 4 rings (SSSR count). The van der Waals surface area contributed by atoms with E-state index in [1.54, 1.807) is 6.20 Å². The summed E-state index contributed by atoms with van der Waals surface area (Å²) in [6, 6.07) is 11.7. The Morgan fingerprint density at radius 1 is 1.11 bits per heavy atom. The average Bonchev–Trinajstić information content (AvgIpc) is 3.05. The van der Waals surface area contributed by atoms with Gasteiger partial charge in [0, 0.05) is 22.7 Å². The predicted octanol–water partition coefficient (Wildman–Crippen LogP) is 3.32. The van der Waals surface area contributed by atoms with E-state index in [1.165, 1.54) is 6.26 Å². The molecule has 1 aromatic carbocycles. The Morgan fingerprint density at radius 2 is 1.86 bits per heavy atom. The largest absolute Gasteiger partial charge is 0.366 e. The van der Waals surface area contributed by atoms with E-state index < -0.39 is 10.0 Å². The molecule has 0 aliphatic heterocycles. The molecule has 1 fully saturated rings. The number of rotatable bonds is 5. The van der Waals surface area contributed by atoms with Gasteiger partial charge < -0.3 is 5.32 Å². The summed E-state index contributed by atoms with van der Waals surface area (Å²) in [4.78, 5) is 4.42. The molecule has 0 unspecified atom stereocenters. The Morgan fingerprint density at radius 3 is 2.57 bits per heavy atom. The van der Waals surface area contributed by atoms with Gasteiger partial charge in [-0.3, -0.25) is 0 Å². The monoisotopic (exact) mass is 419 g/mol. The molecule has 0 atom stereocenters. The first-order valence-electron chi connectivity index (χ1n) is 9.22. The molecule has 148 valence electrons. The second-order valence-electron chi connectivity index (χ2n) is 7.23. The van der Waals surface area contributed by atoms with Gasteiger partial charge in [0.1, 0.15) is 5.82 Å². The molecule has 1 saturated carbocycles. The smallest absolute Gasteiger partial charge is 0.208 e. The summed E-state index contributed by atoms with van der Waals surface area (Å²) in [5, 5.41) is 8.84. The number of hydrogen-bond acceptors (Lipinski definition) is 5. The molecule has 1 aliphatic rings. The Kier molecular flexibility index (Phi) is 5.27. The molecule has 28 heavy (non-hydrogen) atoms. The first-order chi connectivity index (χ1) is 13.4. The van der Waals surface area contributed by atoms with Crippen LogP contribution in [0.15, 0.2) is 42.6 Å². The molecule has 0 saturated heterocycles. The first-order valence-corrected chi connectivity index (χ1v) is 11.5. The highest BCUT2D eigenvalue weighted by Crippen LogP contribution is 2.25. The molecule has 2 aromatic heterocycles. The van der Waals surface area contributed by atoms with Crippen LogP contribution in [0.3, 0.4) is 0 Å². The van der Waals surface area contributed by atoms with Crippen molar-refractivity contribution >= 4 is 33.1 Å². The molecule has 1 aliphatic carbocycles. The van der Waals surface area contributed by atoms with E-state index >= 15 is 0 Å². The van der Waals surface area contributed by atoms with Gasteiger partial charge in [-0.1, -0.05) is 23.7 Å². The lowest BCUT2D eigenvalue weighted by Crippen LogP contribution is -2.39. The fraction of sp³-hybridized carbons (Fsp3) is 0.368. The minimum absolute atomic E-state index is 0.0200. The van der Waals surface area contributed by atoms with Crippen molar-refractivity contribution in [2.45, 2.75) is 37.8 Å². The van der Waals surface area contributed by atoms with E-state index in [0.717, 1.165) is 48.4 Å². The van der Waals surface area contributed by atoms with Crippen molar-refractivity contribution < 1.29 is 8.42 Å². The van der Waals surface area contributed by atoms with E-state index in [-0.39, 0.29) is 12.1 Å². The Bertz CT molecular complexity index is 1090. The van der Waals surface area contributed by atoms with E-state index in [9.17, 15) is 8.42 Å². The highest BCUT2D eigenvalue weighted by molar-refractivity contribution is 7.88. The molecule has 9 heteroatoms. The number of sulfonamides is 1. The molecular weight excluding hydrogens is 398 g/mol. The van der Waals surface area contributed by atoms with Crippen LogP contribution in [0, 0.1) is 0 Å². The van der Waals surface area contributed by atoms with Gasteiger partial charge in [0.05, 0.1) is 18.1 Å². The van der Waals surface area contributed by atoms with Gasteiger partial charge in [-0.25, -0.2) is 22.6 Å². The van der Waals surface area contributed by atoms with Crippen molar-refractivity contribution in [3.8, 4) is 11.3 Å². The summed E-state index contributed by atoms with van der Waals surface area (Å²) in [5.41, 5.74) is 2.60. The van der Waals surface area contributed by atoms with Crippen LogP contribution >= 0.6 is 11.6 Å². The predicted molar refractivity (Wildman–Crippen MR) is 111 cm³/mol. The number of anilines is 1. The highest BCUT2D eigenvalue weighted by Gasteiger charge is 2.23. The lowest BCUT2D eigenvalue weighted by Gasteiger charge is -2.29. The van der Waals surface area contributed by atoms with Crippen LogP contribution in [0.25, 0.3) is 16.9 Å². The van der Waals surface area contributed by atoms with E-state index in [0.29, 0.717) is 5.02 Å². The number of nitrogens with one attached hydrogen (secondary N) is 2. The maximum Gasteiger partial charge on any atom is 0.208 e. The number of aromatic nitrogens is 3. The Labute approximate surface area is 169 Å². The van der Waals surface area contributed by atoms with E-state index in [1.807, 2.05) is 40.9 Å². The fourth-order valence-corrected chi connectivity index (χ4v) is 4.69. The lowest BCUT2D eigenvalue weighted by molar-refractivity contribution is 0.387. The van der Waals surface area contributed by atoms with Crippen LogP contribution in [0.1, 0.15) is 25.7 Å². The normalized spacial score (nSPS) is 20.4. The summed E-state index contributed by atoms with van der Waals surface area (Å²) in [5.74, 6) is 0.772. The summed E-state index contributed by atoms with van der Waals surface area (Å²) >= 11 is 6.12. The SMILES string of the molecule is CS(=O)(=O)NC1CCC(Nc2ccc3ncc(-c4cccc(Cl)c4)n3n2)CC1. The molecule has 2 heterocycles. The fourth-order valence-electron chi connectivity index (χ4n) is 3.66. The molecule has 7 nitrogen and oxygen atoms in total. The highest BCUT2D eigenvalue weighted by atomic mass is 35.5. The minimum Gasteiger partial charge on any atom is -0.366 e. The Balaban J connectivity index is 1.49. The second-order valence-corrected chi connectivity index (χ2v) is 9.44. The zero-order valence-electron chi connectivity index (χ0n) is 15.5. The summed E-state index contributed by atoms with van der Waals surface area (Å²) in [7, 11) is -3.15. The van der Waals surface area contributed by atoms with Gasteiger partial charge in [0.2, 0.25) is 10.0 Å². The van der Waals surface area contributed by atoms with Gasteiger partial charge in [-0.2, -0.15) is 0 Å². The molecule has 0 amide bonds. The van der Waals surface area contributed by atoms with Crippen LogP contribution < -0.4 is 10.0 Å². The maximum atomic E-state index is 11.4. The quantitative estimate of drug-likeness (QED) is 0.662. The summed E-state index contributed by atoms with van der Waals surface area (Å²) in [6.07, 6.45) is 6.40. The van der Waals surface area contributed by atoms with Crippen LogP contribution in [-0.4, -0.2) is 41.4 Å². The number of nitrogens with zero attached hydrogens (tertiary/aromatic N) is 3. The van der Waals surface area contributed by atoms with Gasteiger partial charge in [0.15, 0.2) is 5.65 Å². The standard InChI is InChI=1S/C19H22ClN5O2S/c1-28(26,27)24-16-7-5-15(6-8-16)22-18-9-10-19-21-12-17(25(19)23-18)13-3-2-4-14(20)11-13/h2-4,9-12,15-16,24H,5-8H2,1H3,(H,22,23). The molecule has 0 radical (unpaired) electrons. The number of imidazole rings is 1. The third-order valence-corrected chi connectivity index (χ3v) is 5.94. The summed E-state index contributed by atoms with van der Waals surface area (Å²) < 4.78 is 27.3. The van der Waals surface area contributed by atoms with Crippen molar-refractivity contribution in [3.05, 3.63) is 47.6 Å². The summed E-state index contributed by atoms with van der Waals surface area (Å²) in [6.45, 7) is 0. The van der Waals surface area contributed by atoms with Crippen molar-refractivity contribution in [2.75, 3.05) is 11.6 Å². The zero-order chi connectivity index (χ0) is 19.7. The third kappa shape index (κ3) is 4.45. The first kappa shape index (κ1) is 19.2. The second kappa shape index (κ2) is 7.69. The number of hydrogen-bond donors (Lipinski definition) is 2. The van der Waals surface area contributed by atoms with Gasteiger partial charge in [0.25, 0.3) is 0 Å². The number of fused-ring (bicyclic) bond motifs is 1. The van der Waals surface area contributed by atoms with Crippen molar-refractivity contribution in [3.63, 3.8) is 0 Å². The van der Waals surface area contributed by atoms with Gasteiger partial charge in [-0.15, -0.1) is 5.10 Å². The van der Waals surface area contributed by atoms with Gasteiger partial charge in [-0.05, 0) is 49.9 Å². The molecule has 0 spiro atoms. The number of halogens is 1. The third-order valence-electron chi connectivity index (χ3n) is 4.94. The number of benzene rings is 1. The van der Waals surface area contributed by atoms with Crippen LogP contribution in [0.4, 0.5) is 5.82 Å². The average molecular weight is 420 g/mol. The van der Waals surface area contributed by atoms with Crippen LogP contribution in [-0.2, 0) is 10.0 Å². The van der Waals surface area contributed by atoms with Crippen molar-refractivity contribution in [2.24, 2.45) is 0 Å². The van der Waals surface area contributed by atoms with Gasteiger partial charge >= 0.3 is 0 Å². The van der Waals surface area contributed by atoms with Crippen molar-refractivity contribution in [1.29, 1.82) is 0 Å². The molecule has 3 aromatic rings. The lowest BCUT2D eigenvalue weighted by atomic mass is 9.92. The molecule has 0 bridgehead atoms. The van der Waals surface area contributed by atoms with E-state index in [2.05, 4.69) is 15.0 Å². The topological polar surface area (TPSA) is 88.4 Å². The van der Waals surface area contributed by atoms with Crippen molar-refractivity contribution in [1.82, 2.24) is 19.3 Å². The zero-order valence-corrected chi connectivity index (χ0v) is 17.0. The minimum atomic E-state index is -3.15. The van der Waals surface area contributed by atoms with Crippen LogP contribution in [0.2, 0.25) is 5.02 Å². The maximum absolute atomic E-state index is 11.4. The van der Waals surface area contributed by atoms with Crippen LogP contribution in [0.5, 0.6) is 0 Å². The Hall–Kier alpha value is -2.16. The molecule has 2 N–H and O–H groups in total.